The zero-order valence-electron chi connectivity index (χ0n) is 8.29. The molecule has 0 aliphatic heterocycles. The lowest BCUT2D eigenvalue weighted by Gasteiger charge is -2.15. The minimum absolute atomic E-state index is 0.0510. The third-order valence-electron chi connectivity index (χ3n) is 1.82. The van der Waals surface area contributed by atoms with Gasteiger partial charge in [0.2, 0.25) is 0 Å². The lowest BCUT2D eigenvalue weighted by atomic mass is 10.3. The standard InChI is InChI=1S/C9H9F4NO2/c1-6-4-7(2-3-14(6)15)16-5-9(12,13)8(10)11/h2-4,8H,5H2,1H3. The zero-order valence-corrected chi connectivity index (χ0v) is 8.29. The van der Waals surface area contributed by atoms with E-state index in [9.17, 15) is 22.8 Å². The fourth-order valence-corrected chi connectivity index (χ4v) is 0.909. The molecule has 0 N–H and O–H groups in total. The Morgan fingerprint density at radius 3 is 2.62 bits per heavy atom. The Morgan fingerprint density at radius 1 is 1.50 bits per heavy atom. The third kappa shape index (κ3) is 2.98. The SMILES string of the molecule is Cc1cc(OCC(F)(F)C(F)F)cc[n+]1[O-]. The quantitative estimate of drug-likeness (QED) is 0.457. The van der Waals surface area contributed by atoms with Crippen molar-refractivity contribution in [3.63, 3.8) is 0 Å². The van der Waals surface area contributed by atoms with Crippen molar-refractivity contribution in [3.8, 4) is 5.75 Å². The van der Waals surface area contributed by atoms with Crippen molar-refractivity contribution in [1.29, 1.82) is 0 Å². The van der Waals surface area contributed by atoms with Crippen molar-refractivity contribution in [2.75, 3.05) is 6.61 Å². The van der Waals surface area contributed by atoms with Crippen molar-refractivity contribution in [1.82, 2.24) is 0 Å². The van der Waals surface area contributed by atoms with Gasteiger partial charge in [-0.15, -0.1) is 0 Å². The second kappa shape index (κ2) is 4.54. The Kier molecular flexibility index (Phi) is 3.56. The minimum Gasteiger partial charge on any atom is -0.619 e. The first kappa shape index (κ1) is 12.5. The minimum atomic E-state index is -4.20. The first-order chi connectivity index (χ1) is 7.33. The Hall–Kier alpha value is -1.53. The molecule has 16 heavy (non-hydrogen) atoms. The number of aromatic nitrogens is 1. The Labute approximate surface area is 88.8 Å². The van der Waals surface area contributed by atoms with Gasteiger partial charge in [-0.25, -0.2) is 8.78 Å². The van der Waals surface area contributed by atoms with Gasteiger partial charge in [0.25, 0.3) is 0 Å². The smallest absolute Gasteiger partial charge is 0.340 e. The predicted octanol–water partition coefficient (Wildman–Crippen LogP) is 1.91. The fraction of sp³-hybridized carbons (Fsp3) is 0.444. The van der Waals surface area contributed by atoms with E-state index in [1.54, 1.807) is 0 Å². The van der Waals surface area contributed by atoms with E-state index in [4.69, 9.17) is 0 Å². The molecular weight excluding hydrogens is 230 g/mol. The van der Waals surface area contributed by atoms with Crippen molar-refractivity contribution >= 4 is 0 Å². The van der Waals surface area contributed by atoms with Crippen LogP contribution in [0.15, 0.2) is 18.3 Å². The summed E-state index contributed by atoms with van der Waals surface area (Å²) in [5.74, 6) is -4.25. The first-order valence-electron chi connectivity index (χ1n) is 4.31. The molecule has 0 aliphatic carbocycles. The summed E-state index contributed by atoms with van der Waals surface area (Å²) in [6, 6.07) is 2.32. The average Bonchev–Trinajstić information content (AvgIpc) is 2.20. The van der Waals surface area contributed by atoms with Gasteiger partial charge in [-0.2, -0.15) is 13.5 Å². The van der Waals surface area contributed by atoms with Crippen LogP contribution in [-0.4, -0.2) is 19.0 Å². The summed E-state index contributed by atoms with van der Waals surface area (Å²) in [5, 5.41) is 10.9. The van der Waals surface area contributed by atoms with Crippen LogP contribution in [0, 0.1) is 12.1 Å². The van der Waals surface area contributed by atoms with Crippen LogP contribution in [0.3, 0.4) is 0 Å². The van der Waals surface area contributed by atoms with Crippen molar-refractivity contribution in [3.05, 3.63) is 29.2 Å². The highest BCUT2D eigenvalue weighted by atomic mass is 19.3. The summed E-state index contributed by atoms with van der Waals surface area (Å²) in [7, 11) is 0. The third-order valence-corrected chi connectivity index (χ3v) is 1.82. The number of alkyl halides is 4. The molecule has 0 aliphatic rings. The maximum atomic E-state index is 12.5. The van der Waals surface area contributed by atoms with Crippen LogP contribution in [0.1, 0.15) is 5.69 Å². The number of halogens is 4. The van der Waals surface area contributed by atoms with Crippen LogP contribution < -0.4 is 9.47 Å². The number of rotatable bonds is 4. The number of hydrogen-bond acceptors (Lipinski definition) is 2. The summed E-state index contributed by atoms with van der Waals surface area (Å²) in [6.07, 6.45) is -2.73. The lowest BCUT2D eigenvalue weighted by Crippen LogP contribution is -2.34. The van der Waals surface area contributed by atoms with Crippen molar-refractivity contribution in [2.45, 2.75) is 19.3 Å². The summed E-state index contributed by atoms with van der Waals surface area (Å²) < 4.78 is 53.5. The van der Waals surface area contributed by atoms with Crippen LogP contribution in [0.4, 0.5) is 17.6 Å². The molecule has 1 aromatic rings. The van der Waals surface area contributed by atoms with E-state index in [-0.39, 0.29) is 11.4 Å². The molecule has 90 valence electrons. The Balaban J connectivity index is 2.65. The molecule has 0 fully saturated rings. The molecule has 0 aromatic carbocycles. The molecule has 0 atom stereocenters. The number of ether oxygens (including phenoxy) is 1. The van der Waals surface area contributed by atoms with Crippen LogP contribution in [0.5, 0.6) is 5.75 Å². The molecule has 0 saturated heterocycles. The van der Waals surface area contributed by atoms with E-state index in [2.05, 4.69) is 4.74 Å². The van der Waals surface area contributed by atoms with Crippen LogP contribution >= 0.6 is 0 Å². The highest BCUT2D eigenvalue weighted by Gasteiger charge is 2.41. The molecule has 7 heteroatoms. The molecule has 0 amide bonds. The molecule has 3 nitrogen and oxygen atoms in total. The van der Waals surface area contributed by atoms with Gasteiger partial charge in [0.05, 0.1) is 0 Å². The summed E-state index contributed by atoms with van der Waals surface area (Å²) in [5.41, 5.74) is 0.220. The van der Waals surface area contributed by atoms with Crippen LogP contribution in [0.25, 0.3) is 0 Å². The molecule has 1 aromatic heterocycles. The predicted molar refractivity (Wildman–Crippen MR) is 46.6 cm³/mol. The van der Waals surface area contributed by atoms with Gasteiger partial charge in [-0.05, 0) is 0 Å². The summed E-state index contributed by atoms with van der Waals surface area (Å²) in [4.78, 5) is 0. The van der Waals surface area contributed by atoms with Gasteiger partial charge in [-0.3, -0.25) is 0 Å². The number of hydrogen-bond donors (Lipinski definition) is 0. The molecule has 0 saturated carbocycles. The van der Waals surface area contributed by atoms with E-state index in [0.29, 0.717) is 4.73 Å². The Bertz CT molecular complexity index is 371. The number of nitrogens with zero attached hydrogens (tertiary/aromatic N) is 1. The largest absolute Gasteiger partial charge is 0.619 e. The molecule has 0 unspecified atom stereocenters. The zero-order chi connectivity index (χ0) is 12.3. The molecule has 0 spiro atoms. The van der Waals surface area contributed by atoms with Gasteiger partial charge in [0.1, 0.15) is 5.75 Å². The monoisotopic (exact) mass is 239 g/mol. The second-order valence-electron chi connectivity index (χ2n) is 3.18. The second-order valence-corrected chi connectivity index (χ2v) is 3.18. The average molecular weight is 239 g/mol. The molecular formula is C9H9F4NO2. The van der Waals surface area contributed by atoms with E-state index < -0.39 is 19.0 Å². The first-order valence-corrected chi connectivity index (χ1v) is 4.31. The van der Waals surface area contributed by atoms with Crippen molar-refractivity contribution < 1.29 is 27.0 Å². The normalized spacial score (nSPS) is 11.9. The lowest BCUT2D eigenvalue weighted by molar-refractivity contribution is -0.612. The highest BCUT2D eigenvalue weighted by Crippen LogP contribution is 2.24. The van der Waals surface area contributed by atoms with Gasteiger partial charge < -0.3 is 9.94 Å². The number of pyridine rings is 1. The van der Waals surface area contributed by atoms with Gasteiger partial charge >= 0.3 is 12.3 Å². The van der Waals surface area contributed by atoms with E-state index in [0.717, 1.165) is 12.3 Å². The van der Waals surface area contributed by atoms with Crippen LogP contribution in [0.2, 0.25) is 0 Å². The fourth-order valence-electron chi connectivity index (χ4n) is 0.909. The summed E-state index contributed by atoms with van der Waals surface area (Å²) >= 11 is 0. The maximum absolute atomic E-state index is 12.5. The Morgan fingerprint density at radius 2 is 2.12 bits per heavy atom. The molecule has 1 heterocycles. The van der Waals surface area contributed by atoms with E-state index in [1.165, 1.54) is 13.0 Å². The summed E-state index contributed by atoms with van der Waals surface area (Å²) in [6.45, 7) is 0.0120. The molecule has 0 bridgehead atoms. The van der Waals surface area contributed by atoms with Gasteiger partial charge in [0, 0.05) is 19.1 Å². The topological polar surface area (TPSA) is 36.2 Å². The maximum Gasteiger partial charge on any atom is 0.340 e. The molecule has 1 rings (SSSR count). The van der Waals surface area contributed by atoms with Crippen LogP contribution in [-0.2, 0) is 0 Å². The van der Waals surface area contributed by atoms with Gasteiger partial charge in [-0.1, -0.05) is 0 Å². The van der Waals surface area contributed by atoms with E-state index in [1.807, 2.05) is 0 Å². The molecule has 0 radical (unpaired) electrons. The van der Waals surface area contributed by atoms with Crippen molar-refractivity contribution in [2.24, 2.45) is 0 Å². The number of aryl methyl sites for hydroxylation is 1. The highest BCUT2D eigenvalue weighted by molar-refractivity contribution is 5.19. The van der Waals surface area contributed by atoms with Gasteiger partial charge in [0.15, 0.2) is 18.5 Å². The van der Waals surface area contributed by atoms with E-state index >= 15 is 0 Å².